The van der Waals surface area contributed by atoms with Crippen molar-refractivity contribution >= 4 is 27.7 Å². The number of amides is 1. The van der Waals surface area contributed by atoms with Gasteiger partial charge in [-0.25, -0.2) is 4.98 Å². The van der Waals surface area contributed by atoms with Crippen LogP contribution in [0.15, 0.2) is 41.0 Å². The first-order chi connectivity index (χ1) is 10.1. The second-order valence-electron chi connectivity index (χ2n) is 4.39. The van der Waals surface area contributed by atoms with Crippen LogP contribution in [0.1, 0.15) is 12.0 Å². The Balaban J connectivity index is 1.92. The molecule has 2 N–H and O–H groups in total. The number of aromatic hydroxyl groups is 1. The van der Waals surface area contributed by atoms with E-state index in [2.05, 4.69) is 26.2 Å². The predicted molar refractivity (Wildman–Crippen MR) is 83.5 cm³/mol. The third-order valence-electron chi connectivity index (χ3n) is 2.90. The number of nitrogens with one attached hydrogen (secondary N) is 1. The number of benzene rings is 1. The Hall–Kier alpha value is -2.08. The van der Waals surface area contributed by atoms with Crippen LogP contribution in [0, 0.1) is 0 Å². The van der Waals surface area contributed by atoms with Crippen LogP contribution in [0.25, 0.3) is 0 Å². The van der Waals surface area contributed by atoms with E-state index in [1.54, 1.807) is 13.2 Å². The molecule has 0 fully saturated rings. The minimum Gasteiger partial charge on any atom is -0.504 e. The Morgan fingerprint density at radius 2 is 2.24 bits per heavy atom. The van der Waals surface area contributed by atoms with Crippen LogP contribution in [-0.4, -0.2) is 23.1 Å². The van der Waals surface area contributed by atoms with Gasteiger partial charge < -0.3 is 15.2 Å². The van der Waals surface area contributed by atoms with Gasteiger partial charge in [-0.15, -0.1) is 0 Å². The molecule has 0 spiro atoms. The summed E-state index contributed by atoms with van der Waals surface area (Å²) in [6.45, 7) is 0. The highest BCUT2D eigenvalue weighted by atomic mass is 79.9. The summed E-state index contributed by atoms with van der Waals surface area (Å²) >= 11 is 3.41. The molecule has 0 bridgehead atoms. The number of pyridine rings is 1. The summed E-state index contributed by atoms with van der Waals surface area (Å²) < 4.78 is 6.01. The van der Waals surface area contributed by atoms with Crippen molar-refractivity contribution in [3.8, 4) is 11.5 Å². The Morgan fingerprint density at radius 1 is 1.43 bits per heavy atom. The van der Waals surface area contributed by atoms with Crippen LogP contribution >= 0.6 is 15.9 Å². The number of hydrogen-bond donors (Lipinski definition) is 2. The van der Waals surface area contributed by atoms with Crippen molar-refractivity contribution in [1.82, 2.24) is 4.98 Å². The molecule has 2 rings (SSSR count). The first-order valence-electron chi connectivity index (χ1n) is 6.36. The summed E-state index contributed by atoms with van der Waals surface area (Å²) in [5.41, 5.74) is 1.02. The van der Waals surface area contributed by atoms with Gasteiger partial charge in [0.05, 0.1) is 11.6 Å². The van der Waals surface area contributed by atoms with Gasteiger partial charge in [0.1, 0.15) is 5.75 Å². The zero-order valence-electron chi connectivity index (χ0n) is 11.5. The van der Waals surface area contributed by atoms with Gasteiger partial charge in [-0.2, -0.15) is 0 Å². The molecule has 0 saturated carbocycles. The number of anilines is 1. The monoisotopic (exact) mass is 350 g/mol. The molecule has 1 aromatic heterocycles. The number of carbonyl (C=O) groups is 1. The topological polar surface area (TPSA) is 71.5 Å². The van der Waals surface area contributed by atoms with Crippen molar-refractivity contribution < 1.29 is 14.6 Å². The van der Waals surface area contributed by atoms with E-state index in [1.807, 2.05) is 18.2 Å². The lowest BCUT2D eigenvalue weighted by Crippen LogP contribution is -2.13. The Labute approximate surface area is 131 Å². The molecule has 1 aromatic carbocycles. The molecule has 5 nitrogen and oxygen atoms in total. The normalized spacial score (nSPS) is 10.2. The van der Waals surface area contributed by atoms with Gasteiger partial charge in [-0.05, 0) is 52.2 Å². The first kappa shape index (κ1) is 15.3. The van der Waals surface area contributed by atoms with Gasteiger partial charge in [0.15, 0.2) is 11.6 Å². The quantitative estimate of drug-likeness (QED) is 0.868. The number of aromatic nitrogens is 1. The Bertz CT molecular complexity index is 647. The molecule has 21 heavy (non-hydrogen) atoms. The largest absolute Gasteiger partial charge is 0.504 e. The van der Waals surface area contributed by atoms with E-state index in [4.69, 9.17) is 4.74 Å². The summed E-state index contributed by atoms with van der Waals surface area (Å²) in [7, 11) is 1.60. The zero-order valence-corrected chi connectivity index (χ0v) is 13.1. The van der Waals surface area contributed by atoms with E-state index in [9.17, 15) is 9.90 Å². The molecule has 2 aromatic rings. The van der Waals surface area contributed by atoms with Gasteiger partial charge >= 0.3 is 0 Å². The zero-order chi connectivity index (χ0) is 15.2. The molecule has 1 amide bonds. The summed E-state index contributed by atoms with van der Waals surface area (Å²) in [5.74, 6) is 0.689. The number of ether oxygens (including phenoxy) is 1. The summed E-state index contributed by atoms with van der Waals surface area (Å²) in [6.07, 6.45) is 2.40. The van der Waals surface area contributed by atoms with Crippen LogP contribution in [-0.2, 0) is 11.2 Å². The highest BCUT2D eigenvalue weighted by Crippen LogP contribution is 2.26. The van der Waals surface area contributed by atoms with E-state index in [1.165, 1.54) is 12.3 Å². The highest BCUT2D eigenvalue weighted by molar-refractivity contribution is 9.10. The maximum absolute atomic E-state index is 11.8. The standard InChI is InChI=1S/C15H15BrN2O3/c1-21-13-6-4-10(9-11(13)16)5-7-14(20)18-15-12(19)3-2-8-17-15/h2-4,6,8-9,19H,5,7H2,1H3,(H,17,18,20). The second kappa shape index (κ2) is 7.08. The smallest absolute Gasteiger partial charge is 0.225 e. The lowest BCUT2D eigenvalue weighted by Gasteiger charge is -2.07. The molecule has 110 valence electrons. The number of rotatable bonds is 5. The van der Waals surface area contributed by atoms with Gasteiger partial charge in [0.2, 0.25) is 5.91 Å². The lowest BCUT2D eigenvalue weighted by atomic mass is 10.1. The predicted octanol–water partition coefficient (Wildman–Crippen LogP) is 3.13. The van der Waals surface area contributed by atoms with Crippen LogP contribution in [0.3, 0.4) is 0 Å². The van der Waals surface area contributed by atoms with Crippen molar-refractivity contribution in [3.63, 3.8) is 0 Å². The maximum Gasteiger partial charge on any atom is 0.225 e. The summed E-state index contributed by atoms with van der Waals surface area (Å²) in [6, 6.07) is 8.75. The number of hydrogen-bond acceptors (Lipinski definition) is 4. The van der Waals surface area contributed by atoms with E-state index in [0.29, 0.717) is 12.8 Å². The van der Waals surface area contributed by atoms with Crippen LogP contribution in [0.2, 0.25) is 0 Å². The Morgan fingerprint density at radius 3 is 2.90 bits per heavy atom. The molecule has 0 saturated heterocycles. The van der Waals surface area contributed by atoms with Crippen LogP contribution < -0.4 is 10.1 Å². The van der Waals surface area contributed by atoms with Crippen LogP contribution in [0.4, 0.5) is 5.82 Å². The number of halogens is 1. The Kier molecular flexibility index (Phi) is 5.16. The molecular weight excluding hydrogens is 336 g/mol. The lowest BCUT2D eigenvalue weighted by molar-refractivity contribution is -0.116. The molecule has 0 radical (unpaired) electrons. The van der Waals surface area contributed by atoms with Gasteiger partial charge in [-0.1, -0.05) is 6.07 Å². The summed E-state index contributed by atoms with van der Waals surface area (Å²) in [5, 5.41) is 12.1. The molecule has 0 aliphatic heterocycles. The molecule has 0 atom stereocenters. The first-order valence-corrected chi connectivity index (χ1v) is 7.15. The fraction of sp³-hybridized carbons (Fsp3) is 0.200. The van der Waals surface area contributed by atoms with Gasteiger partial charge in [-0.3, -0.25) is 4.79 Å². The van der Waals surface area contributed by atoms with Crippen molar-refractivity contribution in [2.45, 2.75) is 12.8 Å². The molecule has 6 heteroatoms. The van der Waals surface area contributed by atoms with Crippen molar-refractivity contribution in [3.05, 3.63) is 46.6 Å². The van der Waals surface area contributed by atoms with Crippen molar-refractivity contribution in [2.24, 2.45) is 0 Å². The molecule has 0 aliphatic carbocycles. The minimum absolute atomic E-state index is 0.0435. The van der Waals surface area contributed by atoms with E-state index in [-0.39, 0.29) is 17.5 Å². The number of carbonyl (C=O) groups excluding carboxylic acids is 1. The fourth-order valence-electron chi connectivity index (χ4n) is 1.81. The highest BCUT2D eigenvalue weighted by Gasteiger charge is 2.08. The minimum atomic E-state index is -0.198. The third-order valence-corrected chi connectivity index (χ3v) is 3.52. The van der Waals surface area contributed by atoms with Crippen LogP contribution in [0.5, 0.6) is 11.5 Å². The van der Waals surface area contributed by atoms with Gasteiger partial charge in [0.25, 0.3) is 0 Å². The SMILES string of the molecule is COc1ccc(CCC(=O)Nc2ncccc2O)cc1Br. The van der Waals surface area contributed by atoms with E-state index in [0.717, 1.165) is 15.8 Å². The number of nitrogens with zero attached hydrogens (tertiary/aromatic N) is 1. The maximum atomic E-state index is 11.8. The molecular formula is C15H15BrN2O3. The number of aryl methyl sites for hydroxylation is 1. The average Bonchev–Trinajstić information content (AvgIpc) is 2.48. The average molecular weight is 351 g/mol. The number of methoxy groups -OCH3 is 1. The van der Waals surface area contributed by atoms with Gasteiger partial charge in [0, 0.05) is 12.6 Å². The molecule has 1 heterocycles. The molecule has 0 aliphatic rings. The van der Waals surface area contributed by atoms with E-state index >= 15 is 0 Å². The van der Waals surface area contributed by atoms with E-state index < -0.39 is 0 Å². The summed E-state index contributed by atoms with van der Waals surface area (Å²) in [4.78, 5) is 15.8. The third kappa shape index (κ3) is 4.19. The van der Waals surface area contributed by atoms with Crippen molar-refractivity contribution in [1.29, 1.82) is 0 Å². The fourth-order valence-corrected chi connectivity index (χ4v) is 2.40. The van der Waals surface area contributed by atoms with Crippen molar-refractivity contribution in [2.75, 3.05) is 12.4 Å². The molecule has 0 unspecified atom stereocenters. The second-order valence-corrected chi connectivity index (χ2v) is 5.24.